The van der Waals surface area contributed by atoms with Gasteiger partial charge in [0.1, 0.15) is 0 Å². The maximum absolute atomic E-state index is 12.5. The van der Waals surface area contributed by atoms with Crippen molar-refractivity contribution < 1.29 is 27.3 Å². The Morgan fingerprint density at radius 2 is 1.19 bits per heavy atom. The van der Waals surface area contributed by atoms with Crippen molar-refractivity contribution in [3.8, 4) is 0 Å². The van der Waals surface area contributed by atoms with E-state index in [0.29, 0.717) is 35.7 Å². The number of hydrogen-bond acceptors (Lipinski definition) is 3. The second kappa shape index (κ2) is 7.70. The van der Waals surface area contributed by atoms with E-state index in [-0.39, 0.29) is 0 Å². The zero-order chi connectivity index (χ0) is 12.8. The zero-order valence-corrected chi connectivity index (χ0v) is 13.1. The van der Waals surface area contributed by atoms with Crippen LogP contribution in [0.4, 0.5) is 0 Å². The van der Waals surface area contributed by atoms with Gasteiger partial charge in [-0.25, -0.2) is 0 Å². The average molecular weight is 267 g/mol. The molecule has 3 nitrogen and oxygen atoms in total. The second-order valence-electron chi connectivity index (χ2n) is 5.69. The van der Waals surface area contributed by atoms with Crippen LogP contribution in [0, 0.1) is 17.8 Å². The van der Waals surface area contributed by atoms with Crippen molar-refractivity contribution in [1.29, 1.82) is 0 Å². The molecular formula is C12H27O3Ti. The first kappa shape index (κ1) is 16.4. The number of hydrogen-bond donors (Lipinski definition) is 0. The molecule has 0 amide bonds. The first-order valence-corrected chi connectivity index (χ1v) is 9.25. The normalized spacial score (nSPS) is 13.1. The van der Waals surface area contributed by atoms with Gasteiger partial charge in [0.25, 0.3) is 0 Å². The summed E-state index contributed by atoms with van der Waals surface area (Å²) in [5, 5.41) is 0. The molecule has 0 saturated carbocycles. The molecule has 0 radical (unpaired) electrons. The van der Waals surface area contributed by atoms with E-state index in [0.717, 1.165) is 0 Å². The Kier molecular flexibility index (Phi) is 7.91. The van der Waals surface area contributed by atoms with E-state index in [2.05, 4.69) is 41.5 Å². The Hall–Kier alpha value is 0.434. The summed E-state index contributed by atoms with van der Waals surface area (Å²) < 4.78 is 24.2. The standard InChI is InChI=1S/2C4H9O.C4H9.O.Ti/c2*1-4(2)3-5;1-4(2)3;;/h2*4H,3H2,1-2H3;4H,1H2,2-3H3;;/q2*-1;;;+2. The van der Waals surface area contributed by atoms with E-state index in [1.165, 1.54) is 0 Å². The molecule has 0 unspecified atom stereocenters. The molecule has 0 heterocycles. The molecule has 0 saturated heterocycles. The van der Waals surface area contributed by atoms with Gasteiger partial charge in [-0.3, -0.25) is 0 Å². The van der Waals surface area contributed by atoms with Crippen LogP contribution in [-0.4, -0.2) is 13.2 Å². The van der Waals surface area contributed by atoms with Gasteiger partial charge in [-0.15, -0.1) is 0 Å². The van der Waals surface area contributed by atoms with Crippen LogP contribution in [0.15, 0.2) is 0 Å². The van der Waals surface area contributed by atoms with Crippen LogP contribution in [-0.2, 0) is 27.3 Å². The molecule has 0 aliphatic heterocycles. The van der Waals surface area contributed by atoms with Crippen molar-refractivity contribution in [2.24, 2.45) is 17.8 Å². The summed E-state index contributed by atoms with van der Waals surface area (Å²) in [6.07, 6.45) is 0. The predicted molar refractivity (Wildman–Crippen MR) is 61.9 cm³/mol. The molecule has 0 aromatic carbocycles. The molecule has 0 rings (SSSR count). The van der Waals surface area contributed by atoms with E-state index in [1.807, 2.05) is 0 Å². The zero-order valence-electron chi connectivity index (χ0n) is 11.6. The summed E-state index contributed by atoms with van der Waals surface area (Å²) in [7, 11) is 0. The second-order valence-corrected chi connectivity index (χ2v) is 9.36. The monoisotopic (exact) mass is 267 g/mol. The van der Waals surface area contributed by atoms with Crippen LogP contribution in [0.3, 0.4) is 0 Å². The molecule has 16 heavy (non-hydrogen) atoms. The fraction of sp³-hybridized carbons (Fsp3) is 1.00. The van der Waals surface area contributed by atoms with Crippen LogP contribution in [0.2, 0.25) is 4.73 Å². The average Bonchev–Trinajstić information content (AvgIpc) is 2.11. The van der Waals surface area contributed by atoms with E-state index in [9.17, 15) is 3.32 Å². The SMILES string of the molecule is CC(C)C[O][Ti](=[O])([CH2]C(C)C)[O]CC(C)C. The van der Waals surface area contributed by atoms with Gasteiger partial charge < -0.3 is 0 Å². The Morgan fingerprint density at radius 1 is 0.812 bits per heavy atom. The van der Waals surface area contributed by atoms with Gasteiger partial charge in [0.05, 0.1) is 0 Å². The van der Waals surface area contributed by atoms with Crippen molar-refractivity contribution in [3.63, 3.8) is 0 Å². The fourth-order valence-corrected chi connectivity index (χ4v) is 5.14. The Balaban J connectivity index is 4.30. The molecule has 0 aromatic rings. The molecule has 0 bridgehead atoms. The topological polar surface area (TPSA) is 35.5 Å². The first-order valence-electron chi connectivity index (χ1n) is 6.23. The predicted octanol–water partition coefficient (Wildman–Crippen LogP) is 3.74. The minimum atomic E-state index is -3.72. The van der Waals surface area contributed by atoms with Crippen molar-refractivity contribution >= 4 is 0 Å². The molecule has 0 atom stereocenters. The van der Waals surface area contributed by atoms with E-state index >= 15 is 0 Å². The van der Waals surface area contributed by atoms with Crippen molar-refractivity contribution in [2.45, 2.75) is 46.3 Å². The molecule has 0 spiro atoms. The third-order valence-electron chi connectivity index (χ3n) is 1.93. The van der Waals surface area contributed by atoms with Crippen LogP contribution >= 0.6 is 0 Å². The third-order valence-corrected chi connectivity index (χ3v) is 5.88. The van der Waals surface area contributed by atoms with Gasteiger partial charge >= 0.3 is 105 Å². The van der Waals surface area contributed by atoms with Gasteiger partial charge in [0, 0.05) is 0 Å². The van der Waals surface area contributed by atoms with Crippen LogP contribution in [0.25, 0.3) is 0 Å². The maximum atomic E-state index is 12.5. The quantitative estimate of drug-likeness (QED) is 0.628. The van der Waals surface area contributed by atoms with Crippen molar-refractivity contribution in [3.05, 3.63) is 0 Å². The summed E-state index contributed by atoms with van der Waals surface area (Å²) in [4.78, 5) is 0. The van der Waals surface area contributed by atoms with Crippen molar-refractivity contribution in [2.75, 3.05) is 13.2 Å². The van der Waals surface area contributed by atoms with Gasteiger partial charge in [-0.2, -0.15) is 0 Å². The Morgan fingerprint density at radius 3 is 1.44 bits per heavy atom. The van der Waals surface area contributed by atoms with Crippen LogP contribution in [0.5, 0.6) is 0 Å². The Labute approximate surface area is 105 Å². The van der Waals surface area contributed by atoms with Gasteiger partial charge in [0.2, 0.25) is 0 Å². The molecule has 97 valence electrons. The minimum absolute atomic E-state index is 0.358. The van der Waals surface area contributed by atoms with Crippen LogP contribution < -0.4 is 0 Å². The van der Waals surface area contributed by atoms with E-state index in [1.54, 1.807) is 0 Å². The van der Waals surface area contributed by atoms with Gasteiger partial charge in [-0.1, -0.05) is 0 Å². The van der Waals surface area contributed by atoms with Gasteiger partial charge in [0.15, 0.2) is 0 Å². The van der Waals surface area contributed by atoms with Gasteiger partial charge in [-0.05, 0) is 0 Å². The summed E-state index contributed by atoms with van der Waals surface area (Å²) >= 11 is -3.72. The van der Waals surface area contributed by atoms with E-state index < -0.39 is 17.3 Å². The summed E-state index contributed by atoms with van der Waals surface area (Å²) in [5.41, 5.74) is 0. The molecule has 0 aliphatic carbocycles. The third kappa shape index (κ3) is 8.57. The molecule has 4 heteroatoms. The molecular weight excluding hydrogens is 240 g/mol. The molecule has 0 fully saturated rings. The first-order chi connectivity index (χ1) is 7.25. The summed E-state index contributed by atoms with van der Waals surface area (Å²) in [6.45, 7) is 13.4. The summed E-state index contributed by atoms with van der Waals surface area (Å²) in [6, 6.07) is 0. The molecule has 0 aliphatic rings. The van der Waals surface area contributed by atoms with Crippen molar-refractivity contribution in [1.82, 2.24) is 0 Å². The Bertz CT molecular complexity index is 208. The summed E-state index contributed by atoms with van der Waals surface area (Å²) in [5.74, 6) is 1.15. The molecule has 0 aromatic heterocycles. The van der Waals surface area contributed by atoms with Crippen LogP contribution in [0.1, 0.15) is 41.5 Å². The fourth-order valence-electron chi connectivity index (χ4n) is 1.25. The number of rotatable bonds is 8. The molecule has 0 N–H and O–H groups in total. The van der Waals surface area contributed by atoms with E-state index in [4.69, 9.17) is 6.64 Å².